The smallest absolute Gasteiger partial charge is 0.744 e. The zero-order chi connectivity index (χ0) is 13.6. The van der Waals surface area contributed by atoms with Gasteiger partial charge in [0, 0.05) is 11.4 Å². The molecule has 0 radical (unpaired) electrons. The van der Waals surface area contributed by atoms with E-state index in [0.717, 1.165) is 5.69 Å². The predicted octanol–water partition coefficient (Wildman–Crippen LogP) is -1.55. The first-order valence-electron chi connectivity index (χ1n) is 5.01. The molecule has 0 fully saturated rings. The van der Waals surface area contributed by atoms with Crippen LogP contribution in [0.5, 0.6) is 0 Å². The summed E-state index contributed by atoms with van der Waals surface area (Å²) in [6.45, 7) is 0. The molecule has 0 aliphatic carbocycles. The topological polar surface area (TPSA) is 109 Å². The van der Waals surface area contributed by atoms with Gasteiger partial charge in [-0.05, 0) is 36.4 Å². The quantitative estimate of drug-likeness (QED) is 0.375. The average Bonchev–Trinajstić information content (AvgIpc) is 2.30. The van der Waals surface area contributed by atoms with Gasteiger partial charge in [-0.15, -0.1) is 0 Å². The van der Waals surface area contributed by atoms with Crippen LogP contribution in [-0.4, -0.2) is 13.0 Å². The Morgan fingerprint density at radius 3 is 1.53 bits per heavy atom. The molecule has 96 valence electrons. The largest absolute Gasteiger partial charge is 1.00 e. The first-order valence-corrected chi connectivity index (χ1v) is 6.42. The van der Waals surface area contributed by atoms with Crippen molar-refractivity contribution >= 4 is 21.5 Å². The maximum absolute atomic E-state index is 10.3. The first kappa shape index (κ1) is 17.9. The minimum Gasteiger partial charge on any atom is -0.744 e. The first-order chi connectivity index (χ1) is 8.39. The van der Waals surface area contributed by atoms with Crippen LogP contribution in [0.1, 0.15) is 0 Å². The molecule has 19 heavy (non-hydrogen) atoms. The third-order valence-corrected chi connectivity index (χ3v) is 2.82. The molecule has 5 nitrogen and oxygen atoms in total. The molecule has 4 N–H and O–H groups in total. The molecule has 2 rings (SSSR count). The predicted molar refractivity (Wildman–Crippen MR) is 69.7 cm³/mol. The van der Waals surface area contributed by atoms with E-state index in [1.165, 1.54) is 24.3 Å². The van der Waals surface area contributed by atoms with Gasteiger partial charge >= 0.3 is 29.6 Å². The molecule has 2 aromatic carbocycles. The van der Waals surface area contributed by atoms with Crippen LogP contribution in [0.25, 0.3) is 0 Å². The van der Waals surface area contributed by atoms with Crippen molar-refractivity contribution in [1.29, 1.82) is 0 Å². The molecule has 0 amide bonds. The van der Waals surface area contributed by atoms with E-state index in [9.17, 15) is 13.0 Å². The number of hydrogen-bond acceptors (Lipinski definition) is 5. The number of benzene rings is 2. The summed E-state index contributed by atoms with van der Waals surface area (Å²) in [6, 6.07) is 14.6. The van der Waals surface area contributed by atoms with E-state index >= 15 is 0 Å². The summed E-state index contributed by atoms with van der Waals surface area (Å²) in [6.07, 6.45) is 0. The normalized spacial score (nSPS) is 9.74. The van der Waals surface area contributed by atoms with E-state index in [2.05, 4.69) is 0 Å². The Morgan fingerprint density at radius 1 is 0.789 bits per heavy atom. The van der Waals surface area contributed by atoms with Gasteiger partial charge in [0.1, 0.15) is 10.1 Å². The molecule has 0 heterocycles. The number of anilines is 2. The van der Waals surface area contributed by atoms with Gasteiger partial charge in [-0.2, -0.15) is 0 Å². The van der Waals surface area contributed by atoms with Crippen LogP contribution >= 0.6 is 0 Å². The van der Waals surface area contributed by atoms with Crippen molar-refractivity contribution in [3.8, 4) is 0 Å². The molecule has 0 bridgehead atoms. The molecule has 0 aliphatic heterocycles. The van der Waals surface area contributed by atoms with Crippen molar-refractivity contribution in [3.05, 3.63) is 54.6 Å². The second-order valence-electron chi connectivity index (χ2n) is 3.43. The molecule has 0 saturated carbocycles. The van der Waals surface area contributed by atoms with E-state index in [1.54, 1.807) is 0 Å². The van der Waals surface area contributed by atoms with E-state index in [1.807, 2.05) is 30.3 Å². The van der Waals surface area contributed by atoms with Gasteiger partial charge in [-0.25, -0.2) is 8.42 Å². The third kappa shape index (κ3) is 7.19. The third-order valence-electron chi connectivity index (χ3n) is 1.97. The summed E-state index contributed by atoms with van der Waals surface area (Å²) in [7, 11) is -4.33. The molecular formula is C12H13N2NaO3S. The van der Waals surface area contributed by atoms with Crippen LogP contribution < -0.4 is 41.0 Å². The summed E-state index contributed by atoms with van der Waals surface area (Å²) in [5, 5.41) is 0. The van der Waals surface area contributed by atoms with Crippen LogP contribution in [0.3, 0.4) is 0 Å². The van der Waals surface area contributed by atoms with Crippen molar-refractivity contribution < 1.29 is 42.5 Å². The Hall–Kier alpha value is -1.05. The van der Waals surface area contributed by atoms with Crippen molar-refractivity contribution in [2.24, 2.45) is 0 Å². The summed E-state index contributed by atoms with van der Waals surface area (Å²) < 4.78 is 31.0. The van der Waals surface area contributed by atoms with E-state index in [0.29, 0.717) is 5.69 Å². The van der Waals surface area contributed by atoms with E-state index in [4.69, 9.17) is 11.5 Å². The van der Waals surface area contributed by atoms with Crippen LogP contribution in [0.2, 0.25) is 0 Å². The Kier molecular flexibility index (Phi) is 7.73. The molecule has 0 atom stereocenters. The zero-order valence-electron chi connectivity index (χ0n) is 10.5. The molecule has 7 heteroatoms. The van der Waals surface area contributed by atoms with Crippen LogP contribution in [-0.2, 0) is 10.1 Å². The van der Waals surface area contributed by atoms with Gasteiger partial charge in [-0.1, -0.05) is 18.2 Å². The second kappa shape index (κ2) is 8.19. The second-order valence-corrected chi connectivity index (χ2v) is 4.81. The summed E-state index contributed by atoms with van der Waals surface area (Å²) in [5.74, 6) is 0. The van der Waals surface area contributed by atoms with Crippen LogP contribution in [0, 0.1) is 0 Å². The van der Waals surface area contributed by atoms with Gasteiger partial charge in [0.15, 0.2) is 0 Å². The number of para-hydroxylation sites is 1. The SMILES string of the molecule is Nc1ccc(S(=O)(=O)[O-])cc1.Nc1ccccc1.[Na+]. The Labute approximate surface area is 134 Å². The fourth-order valence-electron chi connectivity index (χ4n) is 1.09. The number of nitrogens with two attached hydrogens (primary N) is 2. The number of rotatable bonds is 1. The van der Waals surface area contributed by atoms with Crippen molar-refractivity contribution in [3.63, 3.8) is 0 Å². The molecule has 0 aromatic heterocycles. The Morgan fingerprint density at radius 2 is 1.21 bits per heavy atom. The molecule has 0 aliphatic rings. The fourth-order valence-corrected chi connectivity index (χ4v) is 1.56. The fraction of sp³-hybridized carbons (Fsp3) is 0. The molecule has 2 aromatic rings. The maximum atomic E-state index is 10.3. The van der Waals surface area contributed by atoms with Crippen LogP contribution in [0.15, 0.2) is 59.5 Å². The zero-order valence-corrected chi connectivity index (χ0v) is 13.3. The molecule has 0 saturated heterocycles. The number of nitrogen functional groups attached to an aromatic ring is 2. The molecule has 0 spiro atoms. The van der Waals surface area contributed by atoms with Gasteiger partial charge in [-0.3, -0.25) is 0 Å². The van der Waals surface area contributed by atoms with E-state index < -0.39 is 10.1 Å². The van der Waals surface area contributed by atoms with Gasteiger partial charge in [0.05, 0.1) is 4.90 Å². The molecular weight excluding hydrogens is 275 g/mol. The average molecular weight is 288 g/mol. The van der Waals surface area contributed by atoms with Crippen molar-refractivity contribution in [1.82, 2.24) is 0 Å². The summed E-state index contributed by atoms with van der Waals surface area (Å²) in [5.41, 5.74) is 11.9. The van der Waals surface area contributed by atoms with Crippen molar-refractivity contribution in [2.45, 2.75) is 4.90 Å². The summed E-state index contributed by atoms with van der Waals surface area (Å²) in [4.78, 5) is -0.258. The van der Waals surface area contributed by atoms with Gasteiger partial charge in [0.2, 0.25) is 0 Å². The van der Waals surface area contributed by atoms with E-state index in [-0.39, 0.29) is 34.5 Å². The monoisotopic (exact) mass is 288 g/mol. The minimum atomic E-state index is -4.33. The van der Waals surface area contributed by atoms with Gasteiger partial charge in [0.25, 0.3) is 0 Å². The van der Waals surface area contributed by atoms with Gasteiger partial charge < -0.3 is 16.0 Å². The Balaban J connectivity index is 0.000000352. The minimum absolute atomic E-state index is 0. The summed E-state index contributed by atoms with van der Waals surface area (Å²) >= 11 is 0. The standard InChI is InChI=1S/C6H7NO3S.C6H7N.Na/c7-5-1-3-6(4-2-5)11(8,9)10;7-6-4-2-1-3-5-6;/h1-4H,7H2,(H,8,9,10);1-5H,7H2;/q;;+1/p-1. The Bertz CT molecular complexity index is 586. The van der Waals surface area contributed by atoms with Crippen LogP contribution in [0.4, 0.5) is 11.4 Å². The number of hydrogen-bond donors (Lipinski definition) is 2. The maximum Gasteiger partial charge on any atom is 1.00 e. The van der Waals surface area contributed by atoms with Crippen molar-refractivity contribution in [2.75, 3.05) is 11.5 Å². The molecule has 0 unspecified atom stereocenters.